The molecule has 1 aromatic heterocycles. The Morgan fingerprint density at radius 2 is 1.73 bits per heavy atom. The van der Waals surface area contributed by atoms with Crippen molar-refractivity contribution in [1.29, 1.82) is 0 Å². The minimum absolute atomic E-state index is 0.106. The molecule has 5 rings (SSSR count). The Morgan fingerprint density at radius 1 is 1.03 bits per heavy atom. The topological polar surface area (TPSA) is 81.1 Å². The lowest BCUT2D eigenvalue weighted by molar-refractivity contribution is -0.121. The van der Waals surface area contributed by atoms with Gasteiger partial charge in [0.05, 0.1) is 28.3 Å². The number of hydrogen-bond donors (Lipinski definition) is 1. The quantitative estimate of drug-likeness (QED) is 0.564. The maximum atomic E-state index is 13.9. The van der Waals surface area contributed by atoms with Crippen LogP contribution < -0.4 is 5.32 Å². The smallest absolute Gasteiger partial charge is 0.236 e. The van der Waals surface area contributed by atoms with Gasteiger partial charge >= 0.3 is 0 Å². The summed E-state index contributed by atoms with van der Waals surface area (Å²) in [5.41, 5.74) is 4.41. The average molecular weight is 484 g/mol. The van der Waals surface area contributed by atoms with Crippen LogP contribution in [-0.2, 0) is 31.6 Å². The number of aryl methyl sites for hydroxylation is 2. The van der Waals surface area contributed by atoms with Crippen molar-refractivity contribution in [1.82, 2.24) is 9.78 Å². The molecule has 0 atom stereocenters. The third kappa shape index (κ3) is 3.87. The minimum Gasteiger partial charge on any atom is -0.310 e. The highest BCUT2D eigenvalue weighted by Crippen LogP contribution is 2.43. The largest absolute Gasteiger partial charge is 0.310 e. The van der Waals surface area contributed by atoms with Crippen molar-refractivity contribution >= 4 is 33.2 Å². The van der Waals surface area contributed by atoms with Crippen LogP contribution in [0.2, 0.25) is 5.02 Å². The van der Waals surface area contributed by atoms with E-state index in [0.717, 1.165) is 48.1 Å². The van der Waals surface area contributed by atoms with Crippen LogP contribution in [0.3, 0.4) is 0 Å². The van der Waals surface area contributed by atoms with Gasteiger partial charge in [0.15, 0.2) is 9.84 Å². The van der Waals surface area contributed by atoms with Gasteiger partial charge < -0.3 is 5.32 Å². The van der Waals surface area contributed by atoms with Gasteiger partial charge in [-0.3, -0.25) is 4.79 Å². The van der Waals surface area contributed by atoms with E-state index in [1.54, 1.807) is 4.68 Å². The van der Waals surface area contributed by atoms with Crippen molar-refractivity contribution in [2.24, 2.45) is 0 Å². The zero-order valence-corrected chi connectivity index (χ0v) is 20.3. The molecule has 1 aliphatic carbocycles. The first-order valence-electron chi connectivity index (χ1n) is 11.1. The first-order chi connectivity index (χ1) is 15.7. The van der Waals surface area contributed by atoms with Crippen LogP contribution in [0.15, 0.2) is 42.5 Å². The van der Waals surface area contributed by atoms with E-state index < -0.39 is 15.3 Å². The van der Waals surface area contributed by atoms with Crippen LogP contribution in [-0.4, -0.2) is 24.1 Å². The molecule has 33 heavy (non-hydrogen) atoms. The molecule has 0 saturated heterocycles. The maximum Gasteiger partial charge on any atom is 0.236 e. The number of amides is 1. The third-order valence-corrected chi connectivity index (χ3v) is 8.74. The van der Waals surface area contributed by atoms with Crippen LogP contribution in [0.5, 0.6) is 0 Å². The lowest BCUT2D eigenvalue weighted by atomic mass is 9.78. The van der Waals surface area contributed by atoms with E-state index in [0.29, 0.717) is 22.1 Å². The fourth-order valence-electron chi connectivity index (χ4n) is 5.04. The molecule has 1 saturated carbocycles. The first kappa shape index (κ1) is 22.2. The molecule has 6 nitrogen and oxygen atoms in total. The summed E-state index contributed by atoms with van der Waals surface area (Å²) in [7, 11) is -3.27. The number of halogens is 1. The van der Waals surface area contributed by atoms with Crippen molar-refractivity contribution in [2.45, 2.75) is 56.5 Å². The van der Waals surface area contributed by atoms with E-state index in [4.69, 9.17) is 11.6 Å². The van der Waals surface area contributed by atoms with Gasteiger partial charge in [0, 0.05) is 10.6 Å². The number of hydrogen-bond acceptors (Lipinski definition) is 4. The average Bonchev–Trinajstić information content (AvgIpc) is 3.45. The Morgan fingerprint density at radius 3 is 2.39 bits per heavy atom. The second-order valence-corrected chi connectivity index (χ2v) is 11.7. The van der Waals surface area contributed by atoms with Gasteiger partial charge in [0.1, 0.15) is 5.82 Å². The monoisotopic (exact) mass is 483 g/mol. The van der Waals surface area contributed by atoms with E-state index in [1.165, 1.54) is 0 Å². The minimum atomic E-state index is -3.27. The first-order valence-corrected chi connectivity index (χ1v) is 13.3. The zero-order chi connectivity index (χ0) is 23.4. The molecule has 8 heteroatoms. The second-order valence-electron chi connectivity index (χ2n) is 9.24. The molecule has 2 heterocycles. The number of aromatic nitrogens is 2. The Bertz CT molecular complexity index is 1350. The molecule has 0 spiro atoms. The number of nitrogens with one attached hydrogen (secondary N) is 1. The fourth-order valence-corrected chi connectivity index (χ4v) is 6.66. The summed E-state index contributed by atoms with van der Waals surface area (Å²) in [5.74, 6) is 0.112. The SMILES string of the molecule is Cc1ccc(-n2nc3c(c2NC(=O)C2(c4ccc(Cl)cc4)CCCC2)CS(=O)(=O)C3)cc1C. The Labute approximate surface area is 198 Å². The van der Waals surface area contributed by atoms with E-state index in [2.05, 4.69) is 10.4 Å². The number of sulfone groups is 1. The van der Waals surface area contributed by atoms with Gasteiger partial charge in [0.2, 0.25) is 5.91 Å². The van der Waals surface area contributed by atoms with Crippen LogP contribution >= 0.6 is 11.6 Å². The summed E-state index contributed by atoms with van der Waals surface area (Å²) in [6, 6.07) is 13.4. The highest BCUT2D eigenvalue weighted by molar-refractivity contribution is 7.90. The lowest BCUT2D eigenvalue weighted by Crippen LogP contribution is -2.38. The van der Waals surface area contributed by atoms with Crippen LogP contribution in [0.4, 0.5) is 5.82 Å². The maximum absolute atomic E-state index is 13.9. The van der Waals surface area contributed by atoms with E-state index >= 15 is 0 Å². The Balaban J connectivity index is 1.59. The van der Waals surface area contributed by atoms with Crippen LogP contribution in [0, 0.1) is 13.8 Å². The summed E-state index contributed by atoms with van der Waals surface area (Å²) >= 11 is 6.09. The number of fused-ring (bicyclic) bond motifs is 1. The number of benzene rings is 2. The van der Waals surface area contributed by atoms with E-state index in [-0.39, 0.29) is 17.4 Å². The molecule has 1 amide bonds. The standard InChI is InChI=1S/C25H26ClN3O3S/c1-16-5-10-20(13-17(16)2)29-23(21-14-33(31,32)15-22(21)28-29)27-24(30)25(11-3-4-12-25)18-6-8-19(26)9-7-18/h5-10,13H,3-4,11-12,14-15H2,1-2H3,(H,27,30). The number of nitrogens with zero attached hydrogens (tertiary/aromatic N) is 2. The number of carbonyl (C=O) groups excluding carboxylic acids is 1. The zero-order valence-electron chi connectivity index (χ0n) is 18.7. The molecule has 0 unspecified atom stereocenters. The summed E-state index contributed by atoms with van der Waals surface area (Å²) < 4.78 is 26.4. The van der Waals surface area contributed by atoms with Crippen molar-refractivity contribution in [3.63, 3.8) is 0 Å². The summed E-state index contributed by atoms with van der Waals surface area (Å²) in [4.78, 5) is 13.9. The van der Waals surface area contributed by atoms with Gasteiger partial charge in [0.25, 0.3) is 0 Å². The Hall–Kier alpha value is -2.64. The fraction of sp³-hybridized carbons (Fsp3) is 0.360. The summed E-state index contributed by atoms with van der Waals surface area (Å²) in [5, 5.41) is 8.37. The Kier molecular flexibility index (Phi) is 5.37. The lowest BCUT2D eigenvalue weighted by Gasteiger charge is -2.28. The molecule has 0 radical (unpaired) electrons. The molecule has 2 aliphatic rings. The number of anilines is 1. The summed E-state index contributed by atoms with van der Waals surface area (Å²) in [6.07, 6.45) is 3.38. The van der Waals surface area contributed by atoms with Crippen molar-refractivity contribution < 1.29 is 13.2 Å². The highest BCUT2D eigenvalue weighted by Gasteiger charge is 2.44. The molecule has 172 valence electrons. The molecule has 1 fully saturated rings. The molecular formula is C25H26ClN3O3S. The van der Waals surface area contributed by atoms with Crippen molar-refractivity contribution in [2.75, 3.05) is 5.32 Å². The molecule has 1 aliphatic heterocycles. The van der Waals surface area contributed by atoms with Gasteiger partial charge in [-0.2, -0.15) is 5.10 Å². The van der Waals surface area contributed by atoms with Gasteiger partial charge in [-0.25, -0.2) is 13.1 Å². The van der Waals surface area contributed by atoms with Gasteiger partial charge in [-0.15, -0.1) is 0 Å². The molecule has 0 bridgehead atoms. The van der Waals surface area contributed by atoms with Gasteiger partial charge in [-0.05, 0) is 67.6 Å². The molecule has 1 N–H and O–H groups in total. The normalized spacial score (nSPS) is 18.3. The molecular weight excluding hydrogens is 458 g/mol. The number of carbonyl (C=O) groups is 1. The predicted molar refractivity (Wildman–Crippen MR) is 130 cm³/mol. The van der Waals surface area contributed by atoms with Gasteiger partial charge in [-0.1, -0.05) is 42.6 Å². The van der Waals surface area contributed by atoms with Crippen LogP contribution in [0.1, 0.15) is 53.6 Å². The summed E-state index contributed by atoms with van der Waals surface area (Å²) in [6.45, 7) is 4.06. The molecule has 3 aromatic rings. The van der Waals surface area contributed by atoms with Crippen molar-refractivity contribution in [3.8, 4) is 5.69 Å². The van der Waals surface area contributed by atoms with E-state index in [9.17, 15) is 13.2 Å². The van der Waals surface area contributed by atoms with E-state index in [1.807, 2.05) is 56.3 Å². The van der Waals surface area contributed by atoms with Crippen LogP contribution in [0.25, 0.3) is 5.69 Å². The second kappa shape index (κ2) is 7.99. The number of rotatable bonds is 4. The third-order valence-electron chi connectivity index (χ3n) is 7.04. The molecule has 2 aromatic carbocycles. The van der Waals surface area contributed by atoms with Crippen molar-refractivity contribution in [3.05, 3.63) is 75.4 Å². The highest BCUT2D eigenvalue weighted by atomic mass is 35.5. The predicted octanol–water partition coefficient (Wildman–Crippen LogP) is 5.02.